The first-order valence-electron chi connectivity index (χ1n) is 7.48. The molecule has 0 N–H and O–H groups in total. The molecule has 20 heavy (non-hydrogen) atoms. The van der Waals surface area contributed by atoms with Gasteiger partial charge in [-0.25, -0.2) is 4.98 Å². The van der Waals surface area contributed by atoms with Gasteiger partial charge in [0.15, 0.2) is 0 Å². The van der Waals surface area contributed by atoms with E-state index in [0.717, 1.165) is 49.4 Å². The van der Waals surface area contributed by atoms with Gasteiger partial charge < -0.3 is 4.90 Å². The van der Waals surface area contributed by atoms with E-state index in [2.05, 4.69) is 11.9 Å². The normalized spacial score (nSPS) is 10.9. The highest BCUT2D eigenvalue weighted by atomic mass is 16.2. The maximum atomic E-state index is 12.8. The maximum absolute atomic E-state index is 12.8. The van der Waals surface area contributed by atoms with Crippen LogP contribution < -0.4 is 0 Å². The maximum Gasteiger partial charge on any atom is 0.272 e. The highest BCUT2D eigenvalue weighted by Gasteiger charge is 2.22. The molecule has 2 aromatic rings. The summed E-state index contributed by atoms with van der Waals surface area (Å²) in [4.78, 5) is 19.3. The molecule has 0 saturated heterocycles. The Hall–Kier alpha value is -1.84. The van der Waals surface area contributed by atoms with Crippen LogP contribution in [0.5, 0.6) is 0 Å². The molecule has 108 valence electrons. The van der Waals surface area contributed by atoms with E-state index in [1.165, 1.54) is 0 Å². The number of imidazole rings is 1. The van der Waals surface area contributed by atoms with E-state index in [-0.39, 0.29) is 5.91 Å². The molecule has 0 bridgehead atoms. The number of amides is 1. The van der Waals surface area contributed by atoms with E-state index in [1.54, 1.807) is 0 Å². The molecular formula is C16H23N3O. The topological polar surface area (TPSA) is 37.6 Å². The van der Waals surface area contributed by atoms with Gasteiger partial charge in [-0.1, -0.05) is 26.3 Å². The Morgan fingerprint density at radius 1 is 1.30 bits per heavy atom. The third-order valence-electron chi connectivity index (χ3n) is 3.59. The SMILES string of the molecule is CCCCN(CC)C(=O)c1c(CC)nc2ccccn12. The third-order valence-corrected chi connectivity index (χ3v) is 3.59. The van der Waals surface area contributed by atoms with Crippen molar-refractivity contribution in [3.63, 3.8) is 0 Å². The lowest BCUT2D eigenvalue weighted by Gasteiger charge is -2.20. The van der Waals surface area contributed by atoms with Crippen LogP contribution in [0.1, 0.15) is 49.8 Å². The molecule has 4 nitrogen and oxygen atoms in total. The summed E-state index contributed by atoms with van der Waals surface area (Å²) in [5.41, 5.74) is 2.46. The van der Waals surface area contributed by atoms with Crippen LogP contribution >= 0.6 is 0 Å². The molecule has 0 radical (unpaired) electrons. The zero-order valence-electron chi connectivity index (χ0n) is 12.6. The predicted octanol–water partition coefficient (Wildman–Crippen LogP) is 3.16. The van der Waals surface area contributed by atoms with Crippen molar-refractivity contribution in [2.24, 2.45) is 0 Å². The largest absolute Gasteiger partial charge is 0.338 e. The Kier molecular flexibility index (Phi) is 4.77. The van der Waals surface area contributed by atoms with E-state index in [4.69, 9.17) is 0 Å². The molecule has 1 amide bonds. The van der Waals surface area contributed by atoms with E-state index in [1.807, 2.05) is 47.5 Å². The minimum absolute atomic E-state index is 0.0940. The number of hydrogen-bond donors (Lipinski definition) is 0. The third kappa shape index (κ3) is 2.69. The lowest BCUT2D eigenvalue weighted by Crippen LogP contribution is -2.33. The average molecular weight is 273 g/mol. The number of carbonyl (C=O) groups is 1. The highest BCUT2D eigenvalue weighted by molar-refractivity contribution is 5.94. The number of unbranched alkanes of at least 4 members (excludes halogenated alkanes) is 1. The van der Waals surface area contributed by atoms with E-state index < -0.39 is 0 Å². The summed E-state index contributed by atoms with van der Waals surface area (Å²) in [7, 11) is 0. The van der Waals surface area contributed by atoms with Crippen molar-refractivity contribution < 1.29 is 4.79 Å². The van der Waals surface area contributed by atoms with Crippen molar-refractivity contribution >= 4 is 11.6 Å². The van der Waals surface area contributed by atoms with Gasteiger partial charge in [0, 0.05) is 19.3 Å². The number of rotatable bonds is 6. The lowest BCUT2D eigenvalue weighted by atomic mass is 10.2. The molecule has 2 rings (SSSR count). The van der Waals surface area contributed by atoms with Crippen LogP contribution in [-0.4, -0.2) is 33.3 Å². The second-order valence-electron chi connectivity index (χ2n) is 4.93. The summed E-state index contributed by atoms with van der Waals surface area (Å²) in [5, 5.41) is 0. The summed E-state index contributed by atoms with van der Waals surface area (Å²) >= 11 is 0. The summed E-state index contributed by atoms with van der Waals surface area (Å²) in [6.07, 6.45) is 4.83. The average Bonchev–Trinajstić information content (AvgIpc) is 2.86. The second kappa shape index (κ2) is 6.55. The van der Waals surface area contributed by atoms with Crippen LogP contribution in [0.3, 0.4) is 0 Å². The molecule has 0 aliphatic rings. The fourth-order valence-corrected chi connectivity index (χ4v) is 2.42. The Labute approximate surface area is 120 Å². The fourth-order valence-electron chi connectivity index (χ4n) is 2.42. The molecule has 0 aliphatic heterocycles. The summed E-state index contributed by atoms with van der Waals surface area (Å²) < 4.78 is 1.91. The standard InChI is InChI=1S/C16H23N3O/c1-4-7-11-18(6-3)16(20)15-13(5-2)17-14-10-8-9-12-19(14)15/h8-10,12H,4-7,11H2,1-3H3. The monoisotopic (exact) mass is 273 g/mol. The summed E-state index contributed by atoms with van der Waals surface area (Å²) in [5.74, 6) is 0.0940. The van der Waals surface area contributed by atoms with Crippen LogP contribution in [0.2, 0.25) is 0 Å². The van der Waals surface area contributed by atoms with Crippen molar-refractivity contribution in [1.82, 2.24) is 14.3 Å². The van der Waals surface area contributed by atoms with Gasteiger partial charge in [0.2, 0.25) is 0 Å². The number of nitrogens with zero attached hydrogens (tertiary/aromatic N) is 3. The number of aryl methyl sites for hydroxylation is 1. The van der Waals surface area contributed by atoms with Crippen LogP contribution in [0.4, 0.5) is 0 Å². The van der Waals surface area contributed by atoms with Crippen molar-refractivity contribution in [1.29, 1.82) is 0 Å². The minimum Gasteiger partial charge on any atom is -0.338 e. The zero-order chi connectivity index (χ0) is 14.5. The summed E-state index contributed by atoms with van der Waals surface area (Å²) in [6, 6.07) is 5.83. The predicted molar refractivity (Wildman–Crippen MR) is 81.1 cm³/mol. The van der Waals surface area contributed by atoms with Gasteiger partial charge in [0.25, 0.3) is 5.91 Å². The first-order valence-corrected chi connectivity index (χ1v) is 7.48. The van der Waals surface area contributed by atoms with Gasteiger partial charge >= 0.3 is 0 Å². The molecule has 4 heteroatoms. The van der Waals surface area contributed by atoms with Crippen LogP contribution in [0.25, 0.3) is 5.65 Å². The van der Waals surface area contributed by atoms with Gasteiger partial charge in [-0.2, -0.15) is 0 Å². The minimum atomic E-state index is 0.0940. The molecule has 0 spiro atoms. The quantitative estimate of drug-likeness (QED) is 0.810. The van der Waals surface area contributed by atoms with Crippen LogP contribution in [0.15, 0.2) is 24.4 Å². The smallest absolute Gasteiger partial charge is 0.272 e. The van der Waals surface area contributed by atoms with E-state index in [9.17, 15) is 4.79 Å². The van der Waals surface area contributed by atoms with Gasteiger partial charge in [-0.3, -0.25) is 9.20 Å². The Balaban J connectivity index is 2.41. The van der Waals surface area contributed by atoms with Crippen molar-refractivity contribution in [2.75, 3.05) is 13.1 Å². The molecule has 0 fully saturated rings. The molecule has 0 atom stereocenters. The number of carbonyl (C=O) groups excluding carboxylic acids is 1. The lowest BCUT2D eigenvalue weighted by molar-refractivity contribution is 0.0754. The molecule has 2 heterocycles. The van der Waals surface area contributed by atoms with Crippen molar-refractivity contribution in [3.05, 3.63) is 35.8 Å². The van der Waals surface area contributed by atoms with Gasteiger partial charge in [0.05, 0.1) is 5.69 Å². The zero-order valence-corrected chi connectivity index (χ0v) is 12.6. The summed E-state index contributed by atoms with van der Waals surface area (Å²) in [6.45, 7) is 7.77. The number of pyridine rings is 1. The Morgan fingerprint density at radius 2 is 2.10 bits per heavy atom. The fraction of sp³-hybridized carbons (Fsp3) is 0.500. The molecule has 2 aromatic heterocycles. The number of hydrogen-bond acceptors (Lipinski definition) is 2. The first kappa shape index (κ1) is 14.6. The Bertz CT molecular complexity index is 588. The van der Waals surface area contributed by atoms with Crippen molar-refractivity contribution in [2.45, 2.75) is 40.0 Å². The Morgan fingerprint density at radius 3 is 2.75 bits per heavy atom. The molecular weight excluding hydrogens is 250 g/mol. The molecule has 0 unspecified atom stereocenters. The van der Waals surface area contributed by atoms with E-state index >= 15 is 0 Å². The molecule has 0 aromatic carbocycles. The number of fused-ring (bicyclic) bond motifs is 1. The molecule has 0 saturated carbocycles. The molecule has 0 aliphatic carbocycles. The second-order valence-corrected chi connectivity index (χ2v) is 4.93. The van der Waals surface area contributed by atoms with Crippen LogP contribution in [-0.2, 0) is 6.42 Å². The van der Waals surface area contributed by atoms with Gasteiger partial charge in [0.1, 0.15) is 11.3 Å². The highest BCUT2D eigenvalue weighted by Crippen LogP contribution is 2.16. The van der Waals surface area contributed by atoms with Gasteiger partial charge in [-0.15, -0.1) is 0 Å². The first-order chi connectivity index (χ1) is 9.72. The van der Waals surface area contributed by atoms with Crippen LogP contribution in [0, 0.1) is 0 Å². The van der Waals surface area contributed by atoms with Crippen molar-refractivity contribution in [3.8, 4) is 0 Å². The number of aromatic nitrogens is 2. The van der Waals surface area contributed by atoms with Gasteiger partial charge in [-0.05, 0) is 31.9 Å². The van der Waals surface area contributed by atoms with E-state index in [0.29, 0.717) is 0 Å².